The number of ketones is 1. The number of carbonyl (C=O) groups is 3. The van der Waals surface area contributed by atoms with Gasteiger partial charge >= 0.3 is 0 Å². The summed E-state index contributed by atoms with van der Waals surface area (Å²) in [6.07, 6.45) is 6.29. The third-order valence-electron chi connectivity index (χ3n) is 8.00. The highest BCUT2D eigenvalue weighted by molar-refractivity contribution is 6.08. The molecule has 1 unspecified atom stereocenters. The van der Waals surface area contributed by atoms with Gasteiger partial charge in [0.25, 0.3) is 0 Å². The Hall–Kier alpha value is -3.07. The Bertz CT molecular complexity index is 1130. The van der Waals surface area contributed by atoms with Crippen LogP contribution < -0.4 is 11.1 Å². The molecule has 4 rings (SSSR count). The molecule has 2 fully saturated rings. The van der Waals surface area contributed by atoms with E-state index in [4.69, 9.17) is 10.2 Å². The molecule has 1 saturated carbocycles. The van der Waals surface area contributed by atoms with Crippen LogP contribution in [0.25, 0.3) is 0 Å². The van der Waals surface area contributed by atoms with Gasteiger partial charge in [0.1, 0.15) is 23.2 Å². The first-order chi connectivity index (χ1) is 17.2. The van der Waals surface area contributed by atoms with Crippen LogP contribution in [0.5, 0.6) is 0 Å². The highest BCUT2D eigenvalue weighted by Crippen LogP contribution is 2.41. The zero-order valence-electron chi connectivity index (χ0n) is 21.2. The van der Waals surface area contributed by atoms with Crippen LogP contribution in [-0.2, 0) is 9.59 Å². The third-order valence-corrected chi connectivity index (χ3v) is 8.00. The Morgan fingerprint density at radius 1 is 1.14 bits per heavy atom. The van der Waals surface area contributed by atoms with E-state index in [-0.39, 0.29) is 23.3 Å². The van der Waals surface area contributed by atoms with Crippen molar-refractivity contribution in [1.29, 1.82) is 0 Å². The number of likely N-dealkylation sites (tertiary alicyclic amines) is 1. The fourth-order valence-corrected chi connectivity index (χ4v) is 5.79. The summed E-state index contributed by atoms with van der Waals surface area (Å²) < 4.78 is 19.2. The topological polar surface area (TPSA) is 119 Å². The van der Waals surface area contributed by atoms with Crippen LogP contribution in [0.15, 0.2) is 28.7 Å². The summed E-state index contributed by atoms with van der Waals surface area (Å²) in [4.78, 5) is 46.0. The number of carbonyl (C=O) groups excluding carboxylic acids is 3. The average molecular weight is 499 g/mol. The van der Waals surface area contributed by atoms with Crippen molar-refractivity contribution in [2.45, 2.75) is 70.4 Å². The first kappa shape index (κ1) is 26.0. The lowest BCUT2D eigenvalue weighted by Gasteiger charge is -2.42. The summed E-state index contributed by atoms with van der Waals surface area (Å²) in [6, 6.07) is 4.83. The number of oxazole rings is 1. The maximum atomic E-state index is 14.1. The second-order valence-electron chi connectivity index (χ2n) is 10.2. The lowest BCUT2D eigenvalue weighted by Crippen LogP contribution is -2.63. The zero-order chi connectivity index (χ0) is 26.0. The number of aromatic nitrogens is 1. The van der Waals surface area contributed by atoms with Crippen LogP contribution in [0.4, 0.5) is 4.39 Å². The Labute approximate surface area is 210 Å². The SMILES string of the molecule is CNC(C)(C(N)=O)[C@@H](C(=O)N1CCC[C@H]1c1nc(C(=O)c2ccc(F)cc2)c(C)o1)C1CCCCC1. The Balaban J connectivity index is 1.64. The van der Waals surface area contributed by atoms with Gasteiger partial charge in [-0.25, -0.2) is 9.37 Å². The number of aryl methyl sites for hydroxylation is 1. The van der Waals surface area contributed by atoms with Crippen LogP contribution in [0, 0.1) is 24.6 Å². The summed E-state index contributed by atoms with van der Waals surface area (Å²) in [5.74, 6) is -1.41. The Morgan fingerprint density at radius 3 is 2.42 bits per heavy atom. The van der Waals surface area contributed by atoms with E-state index < -0.39 is 29.2 Å². The van der Waals surface area contributed by atoms with E-state index in [0.29, 0.717) is 30.2 Å². The molecular weight excluding hydrogens is 463 g/mol. The van der Waals surface area contributed by atoms with Gasteiger partial charge in [0.15, 0.2) is 5.69 Å². The van der Waals surface area contributed by atoms with Gasteiger partial charge in [0.05, 0.1) is 5.92 Å². The Morgan fingerprint density at radius 2 is 1.81 bits per heavy atom. The Kier molecular flexibility index (Phi) is 7.59. The highest BCUT2D eigenvalue weighted by Gasteiger charge is 2.50. The lowest BCUT2D eigenvalue weighted by molar-refractivity contribution is -0.147. The van der Waals surface area contributed by atoms with E-state index in [2.05, 4.69) is 10.3 Å². The van der Waals surface area contributed by atoms with Crippen molar-refractivity contribution < 1.29 is 23.2 Å². The molecule has 1 saturated heterocycles. The van der Waals surface area contributed by atoms with Crippen molar-refractivity contribution in [3.05, 3.63) is 53.0 Å². The molecule has 8 nitrogen and oxygen atoms in total. The molecule has 36 heavy (non-hydrogen) atoms. The van der Waals surface area contributed by atoms with Gasteiger partial charge in [0.2, 0.25) is 23.5 Å². The van der Waals surface area contributed by atoms with Crippen molar-refractivity contribution in [2.75, 3.05) is 13.6 Å². The predicted molar refractivity (Wildman–Crippen MR) is 131 cm³/mol. The number of hydrogen-bond donors (Lipinski definition) is 2. The maximum Gasteiger partial charge on any atom is 0.238 e. The average Bonchev–Trinajstić information content (AvgIpc) is 3.51. The summed E-state index contributed by atoms with van der Waals surface area (Å²) >= 11 is 0. The largest absolute Gasteiger partial charge is 0.443 e. The van der Waals surface area contributed by atoms with Crippen molar-refractivity contribution in [2.24, 2.45) is 17.6 Å². The van der Waals surface area contributed by atoms with Crippen LogP contribution in [0.1, 0.15) is 85.6 Å². The van der Waals surface area contributed by atoms with E-state index in [0.717, 1.165) is 38.5 Å². The standard InChI is InChI=1S/C27H35FN4O4/c1-16-22(23(33)18-11-13-19(28)14-12-18)31-24(36-16)20-10-7-15-32(20)25(34)21(17-8-5-4-6-9-17)27(2,30-3)26(29)35/h11-14,17,20-21,30H,4-10,15H2,1-3H3,(H2,29,35)/t20-,21+,27?/m0/s1. The van der Waals surface area contributed by atoms with Crippen molar-refractivity contribution >= 4 is 17.6 Å². The van der Waals surface area contributed by atoms with Crippen LogP contribution >= 0.6 is 0 Å². The maximum absolute atomic E-state index is 14.1. The monoisotopic (exact) mass is 498 g/mol. The van der Waals surface area contributed by atoms with Gasteiger partial charge in [0, 0.05) is 12.1 Å². The summed E-state index contributed by atoms with van der Waals surface area (Å²) in [5.41, 5.74) is 5.09. The first-order valence-electron chi connectivity index (χ1n) is 12.7. The van der Waals surface area contributed by atoms with E-state index in [9.17, 15) is 18.8 Å². The molecule has 1 aromatic heterocycles. The van der Waals surface area contributed by atoms with Gasteiger partial charge in [-0.05, 0) is 76.8 Å². The van der Waals surface area contributed by atoms with Crippen LogP contribution in [-0.4, -0.2) is 46.6 Å². The number of nitrogens with one attached hydrogen (secondary N) is 1. The molecule has 0 spiro atoms. The van der Waals surface area contributed by atoms with Crippen LogP contribution in [0.3, 0.4) is 0 Å². The minimum absolute atomic E-state index is 0.0411. The molecule has 0 radical (unpaired) electrons. The number of rotatable bonds is 8. The number of likely N-dealkylation sites (N-methyl/N-ethyl adjacent to an activating group) is 1. The molecule has 194 valence electrons. The molecule has 2 amide bonds. The molecule has 3 N–H and O–H groups in total. The predicted octanol–water partition coefficient (Wildman–Crippen LogP) is 3.68. The van der Waals surface area contributed by atoms with E-state index in [1.807, 2.05) is 0 Å². The molecule has 1 aromatic carbocycles. The quantitative estimate of drug-likeness (QED) is 0.536. The highest BCUT2D eigenvalue weighted by atomic mass is 19.1. The summed E-state index contributed by atoms with van der Waals surface area (Å²) in [6.45, 7) is 3.88. The minimum atomic E-state index is -1.19. The molecule has 2 aliphatic rings. The molecule has 2 heterocycles. The second-order valence-corrected chi connectivity index (χ2v) is 10.2. The molecule has 1 aliphatic carbocycles. The molecule has 0 bridgehead atoms. The number of amides is 2. The zero-order valence-corrected chi connectivity index (χ0v) is 21.2. The number of hydrogen-bond acceptors (Lipinski definition) is 6. The molecular formula is C27H35FN4O4. The summed E-state index contributed by atoms with van der Waals surface area (Å²) in [7, 11) is 1.67. The minimum Gasteiger partial charge on any atom is -0.443 e. The van der Waals surface area contributed by atoms with E-state index in [1.54, 1.807) is 25.8 Å². The van der Waals surface area contributed by atoms with E-state index in [1.165, 1.54) is 24.3 Å². The number of benzene rings is 1. The number of halogens is 1. The fraction of sp³-hybridized carbons (Fsp3) is 0.556. The number of nitrogens with two attached hydrogens (primary N) is 1. The fourth-order valence-electron chi connectivity index (χ4n) is 5.79. The van der Waals surface area contributed by atoms with Gasteiger partial charge in [-0.15, -0.1) is 0 Å². The van der Waals surface area contributed by atoms with Gasteiger partial charge in [-0.2, -0.15) is 0 Å². The number of primary amides is 1. The van der Waals surface area contributed by atoms with E-state index >= 15 is 0 Å². The number of nitrogens with zero attached hydrogens (tertiary/aromatic N) is 2. The lowest BCUT2D eigenvalue weighted by atomic mass is 9.69. The van der Waals surface area contributed by atoms with Crippen LogP contribution in [0.2, 0.25) is 0 Å². The molecule has 3 atom stereocenters. The second kappa shape index (κ2) is 10.5. The smallest absolute Gasteiger partial charge is 0.238 e. The normalized spacial score (nSPS) is 21.2. The first-order valence-corrected chi connectivity index (χ1v) is 12.7. The molecule has 9 heteroatoms. The summed E-state index contributed by atoms with van der Waals surface area (Å²) in [5, 5.41) is 3.05. The van der Waals surface area contributed by atoms with Crippen molar-refractivity contribution in [3.8, 4) is 0 Å². The third kappa shape index (κ3) is 4.81. The molecule has 1 aliphatic heterocycles. The van der Waals surface area contributed by atoms with Crippen molar-refractivity contribution in [1.82, 2.24) is 15.2 Å². The van der Waals surface area contributed by atoms with Gasteiger partial charge < -0.3 is 20.4 Å². The molecule has 2 aromatic rings. The van der Waals surface area contributed by atoms with Gasteiger partial charge in [-0.3, -0.25) is 14.4 Å². The van der Waals surface area contributed by atoms with Gasteiger partial charge in [-0.1, -0.05) is 19.3 Å². The van der Waals surface area contributed by atoms with Crippen molar-refractivity contribution in [3.63, 3.8) is 0 Å².